The lowest BCUT2D eigenvalue weighted by molar-refractivity contribution is -0.147. The maximum atomic E-state index is 13.3. The minimum atomic E-state index is -0.551. The third-order valence-corrected chi connectivity index (χ3v) is 6.99. The van der Waals surface area contributed by atoms with E-state index in [9.17, 15) is 19.2 Å². The lowest BCUT2D eigenvalue weighted by Gasteiger charge is -2.34. The molecule has 4 unspecified atom stereocenters. The first kappa shape index (κ1) is 34.8. The van der Waals surface area contributed by atoms with E-state index in [2.05, 4.69) is 31.1 Å². The second kappa shape index (κ2) is 17.5. The number of aromatic hydroxyl groups is 1. The van der Waals surface area contributed by atoms with Crippen LogP contribution in [0.4, 0.5) is 5.82 Å². The van der Waals surface area contributed by atoms with Gasteiger partial charge < -0.3 is 31.7 Å². The molecule has 11 heteroatoms. The van der Waals surface area contributed by atoms with Gasteiger partial charge in [-0.1, -0.05) is 54.4 Å². The van der Waals surface area contributed by atoms with Crippen LogP contribution in [-0.2, 0) is 19.2 Å². The Morgan fingerprint density at radius 2 is 1.77 bits per heavy atom. The maximum absolute atomic E-state index is 13.3. The molecule has 1 saturated carbocycles. The van der Waals surface area contributed by atoms with Crippen LogP contribution in [-0.4, -0.2) is 75.7 Å². The number of hydrogen-bond acceptors (Lipinski definition) is 7. The molecule has 3 heterocycles. The van der Waals surface area contributed by atoms with Crippen LogP contribution in [0.2, 0.25) is 0 Å². The van der Waals surface area contributed by atoms with Gasteiger partial charge in [-0.3, -0.25) is 19.2 Å². The maximum Gasteiger partial charge on any atom is 0.246 e. The summed E-state index contributed by atoms with van der Waals surface area (Å²) in [6.07, 6.45) is 6.79. The minimum absolute atomic E-state index is 0.0328. The third kappa shape index (κ3) is 9.76. The number of pyridine rings is 1. The minimum Gasteiger partial charge on any atom is -0.504 e. The molecule has 0 bridgehead atoms. The molecule has 0 spiro atoms. The Labute approximate surface area is 239 Å². The van der Waals surface area contributed by atoms with E-state index in [0.717, 1.165) is 31.6 Å². The van der Waals surface area contributed by atoms with Gasteiger partial charge in [0.05, 0.1) is 6.54 Å². The monoisotopic (exact) mass is 562 g/mol. The lowest BCUT2D eigenvalue weighted by atomic mass is 9.78. The Hall–Kier alpha value is -3.21. The number of fused-ring (bicyclic) bond motifs is 1. The predicted molar refractivity (Wildman–Crippen MR) is 156 cm³/mol. The summed E-state index contributed by atoms with van der Waals surface area (Å²) in [6.45, 7) is 13.6. The van der Waals surface area contributed by atoms with Crippen molar-refractivity contribution in [3.8, 4) is 5.75 Å². The number of nitrogens with one attached hydrogen (secondary N) is 1. The van der Waals surface area contributed by atoms with Gasteiger partial charge in [0.15, 0.2) is 11.6 Å². The van der Waals surface area contributed by atoms with Crippen LogP contribution in [0, 0.1) is 23.7 Å². The normalized spacial score (nSPS) is 24.8. The molecular formula is C29H50N6O5. The molecule has 0 aromatic carbocycles. The molecule has 2 saturated heterocycles. The van der Waals surface area contributed by atoms with Crippen LogP contribution >= 0.6 is 0 Å². The Balaban J connectivity index is 0.000000414. The fraction of sp³-hybridized carbons (Fsp3) is 0.690. The highest BCUT2D eigenvalue weighted by molar-refractivity contribution is 5.93. The standard InChI is InChI=1S/C17H28N4O3.C6H6N2O2.C4H10.C2H6/c1-10-6-13(16(19)23)20(8-10)17(24)15-12-5-3-2-4-11(12)9-21(15)14(22)7-18;9-4-8-6-5(10)2-1-3-7-6;1-4(2)3;1-2/h10-13,15H,2-9,18H2,1H3,(H2,19,23);1-4,10H,(H,7,8,9);4H,1-3H3;1-2H3/t10?,11?,12?,13?,15-;;;/m0.../s1. The average Bonchev–Trinajstić information content (AvgIpc) is 3.52. The molecule has 2 aliphatic heterocycles. The molecule has 3 aliphatic rings. The fourth-order valence-electron chi connectivity index (χ4n) is 5.46. The quantitative estimate of drug-likeness (QED) is 0.399. The zero-order valence-corrected chi connectivity index (χ0v) is 25.0. The number of likely N-dealkylation sites (tertiary alicyclic amines) is 2. The van der Waals surface area contributed by atoms with Crippen LogP contribution < -0.4 is 16.8 Å². The van der Waals surface area contributed by atoms with Crippen molar-refractivity contribution < 1.29 is 24.3 Å². The molecule has 1 aliphatic carbocycles. The number of carbonyl (C=O) groups is 4. The van der Waals surface area contributed by atoms with Crippen molar-refractivity contribution in [2.24, 2.45) is 35.1 Å². The number of rotatable bonds is 5. The van der Waals surface area contributed by atoms with Crippen molar-refractivity contribution >= 4 is 29.9 Å². The highest BCUT2D eigenvalue weighted by Crippen LogP contribution is 2.42. The van der Waals surface area contributed by atoms with E-state index in [1.807, 2.05) is 20.8 Å². The molecule has 1 aromatic heterocycles. The predicted octanol–water partition coefficient (Wildman–Crippen LogP) is 2.73. The Morgan fingerprint density at radius 1 is 1.15 bits per heavy atom. The van der Waals surface area contributed by atoms with E-state index in [-0.39, 0.29) is 41.8 Å². The summed E-state index contributed by atoms with van der Waals surface area (Å²) in [5.41, 5.74) is 11.1. The van der Waals surface area contributed by atoms with E-state index in [0.29, 0.717) is 31.8 Å². The zero-order valence-electron chi connectivity index (χ0n) is 25.0. The SMILES string of the molecule is CC.CC(C)C.CC1CC(C(N)=O)N(C(=O)[C@@H]2C3CCCCC3CN2C(=O)CN)C1.O=CNc1ncccc1O. The second-order valence-electron chi connectivity index (χ2n) is 11.0. The van der Waals surface area contributed by atoms with Gasteiger partial charge in [-0.2, -0.15) is 0 Å². The van der Waals surface area contributed by atoms with Gasteiger partial charge in [0.25, 0.3) is 0 Å². The molecule has 11 nitrogen and oxygen atoms in total. The number of hydrogen-bond donors (Lipinski definition) is 4. The van der Waals surface area contributed by atoms with E-state index in [1.54, 1.807) is 15.9 Å². The second-order valence-corrected chi connectivity index (χ2v) is 11.0. The van der Waals surface area contributed by atoms with Gasteiger partial charge in [-0.25, -0.2) is 4.98 Å². The smallest absolute Gasteiger partial charge is 0.246 e. The molecule has 1 aromatic rings. The van der Waals surface area contributed by atoms with Crippen molar-refractivity contribution in [3.05, 3.63) is 18.3 Å². The van der Waals surface area contributed by atoms with Crippen molar-refractivity contribution in [3.63, 3.8) is 0 Å². The highest BCUT2D eigenvalue weighted by Gasteiger charge is 2.51. The first-order chi connectivity index (χ1) is 19.0. The molecular weight excluding hydrogens is 512 g/mol. The van der Waals surface area contributed by atoms with Crippen molar-refractivity contribution in [2.45, 2.75) is 85.7 Å². The van der Waals surface area contributed by atoms with E-state index >= 15 is 0 Å². The third-order valence-electron chi connectivity index (χ3n) is 6.99. The number of nitrogens with zero attached hydrogens (tertiary/aromatic N) is 3. The van der Waals surface area contributed by atoms with Crippen molar-refractivity contribution in [2.75, 3.05) is 25.0 Å². The van der Waals surface area contributed by atoms with Gasteiger partial charge in [0, 0.05) is 19.3 Å². The fourth-order valence-corrected chi connectivity index (χ4v) is 5.46. The average molecular weight is 563 g/mol. The highest BCUT2D eigenvalue weighted by atomic mass is 16.3. The molecule has 4 amide bonds. The summed E-state index contributed by atoms with van der Waals surface area (Å²) in [7, 11) is 0. The molecule has 6 N–H and O–H groups in total. The summed E-state index contributed by atoms with van der Waals surface area (Å²) >= 11 is 0. The van der Waals surface area contributed by atoms with Crippen LogP contribution in [0.5, 0.6) is 5.75 Å². The van der Waals surface area contributed by atoms with Gasteiger partial charge in [0.1, 0.15) is 12.1 Å². The zero-order chi connectivity index (χ0) is 30.4. The molecule has 3 fully saturated rings. The summed E-state index contributed by atoms with van der Waals surface area (Å²) in [5.74, 6) is 1.04. The van der Waals surface area contributed by atoms with E-state index < -0.39 is 18.0 Å². The van der Waals surface area contributed by atoms with Crippen LogP contribution in [0.25, 0.3) is 0 Å². The summed E-state index contributed by atoms with van der Waals surface area (Å²) in [6, 6.07) is 1.99. The van der Waals surface area contributed by atoms with Gasteiger partial charge in [0.2, 0.25) is 24.1 Å². The molecule has 0 radical (unpaired) electrons. The molecule has 4 rings (SSSR count). The van der Waals surface area contributed by atoms with Crippen molar-refractivity contribution in [1.82, 2.24) is 14.8 Å². The number of amides is 4. The first-order valence-electron chi connectivity index (χ1n) is 14.4. The van der Waals surface area contributed by atoms with E-state index in [4.69, 9.17) is 16.6 Å². The number of anilines is 1. The largest absolute Gasteiger partial charge is 0.504 e. The van der Waals surface area contributed by atoms with Gasteiger partial charge in [-0.15, -0.1) is 0 Å². The van der Waals surface area contributed by atoms with Crippen molar-refractivity contribution in [1.29, 1.82) is 0 Å². The Bertz CT molecular complexity index is 956. The first-order valence-corrected chi connectivity index (χ1v) is 14.4. The van der Waals surface area contributed by atoms with Gasteiger partial charge in [-0.05, 0) is 55.1 Å². The molecule has 5 atom stereocenters. The Kier molecular flexibility index (Phi) is 15.2. The van der Waals surface area contributed by atoms with Crippen LogP contribution in [0.1, 0.15) is 73.6 Å². The summed E-state index contributed by atoms with van der Waals surface area (Å²) in [5, 5.41) is 11.2. The summed E-state index contributed by atoms with van der Waals surface area (Å²) in [4.78, 5) is 54.2. The molecule has 226 valence electrons. The van der Waals surface area contributed by atoms with Crippen LogP contribution in [0.3, 0.4) is 0 Å². The van der Waals surface area contributed by atoms with E-state index in [1.165, 1.54) is 12.3 Å². The van der Waals surface area contributed by atoms with Gasteiger partial charge >= 0.3 is 0 Å². The lowest BCUT2D eigenvalue weighted by Crippen LogP contribution is -2.54. The number of carbonyl (C=O) groups excluding carboxylic acids is 4. The Morgan fingerprint density at radius 3 is 2.33 bits per heavy atom. The number of primary amides is 1. The number of nitrogens with two attached hydrogens (primary N) is 2. The molecule has 40 heavy (non-hydrogen) atoms. The topological polar surface area (TPSA) is 172 Å². The summed E-state index contributed by atoms with van der Waals surface area (Å²) < 4.78 is 0. The van der Waals surface area contributed by atoms with Crippen LogP contribution in [0.15, 0.2) is 18.3 Å². The number of aromatic nitrogens is 1.